The van der Waals surface area contributed by atoms with Crippen LogP contribution in [0.1, 0.15) is 59.3 Å². The normalized spacial score (nSPS) is 19.2. The number of carboxylic acid groups (broad SMARTS) is 1. The summed E-state index contributed by atoms with van der Waals surface area (Å²) in [6.45, 7) is 6.97. The van der Waals surface area contributed by atoms with Crippen molar-refractivity contribution in [1.82, 2.24) is 19.4 Å². The van der Waals surface area contributed by atoms with Gasteiger partial charge in [0.1, 0.15) is 18.2 Å². The maximum atomic E-state index is 13.9. The van der Waals surface area contributed by atoms with Gasteiger partial charge in [-0.3, -0.25) is 24.0 Å². The second kappa shape index (κ2) is 12.8. The van der Waals surface area contributed by atoms with Gasteiger partial charge in [-0.25, -0.2) is 9.78 Å². The molecule has 4 aromatic rings. The van der Waals surface area contributed by atoms with Gasteiger partial charge in [0, 0.05) is 51.4 Å². The number of aromatic nitrogens is 3. The molecule has 0 spiro atoms. The van der Waals surface area contributed by atoms with Crippen molar-refractivity contribution in [1.29, 1.82) is 0 Å². The van der Waals surface area contributed by atoms with Crippen LogP contribution >= 0.6 is 22.9 Å². The van der Waals surface area contributed by atoms with E-state index in [9.17, 15) is 27.9 Å². The third kappa shape index (κ3) is 6.89. The number of nitrogens with zero attached hydrogens (tertiary/aromatic N) is 4. The molecule has 1 saturated heterocycles. The van der Waals surface area contributed by atoms with Crippen LogP contribution < -0.4 is 10.3 Å². The smallest absolute Gasteiger partial charge is 0.491 e. The molecule has 1 fully saturated rings. The number of thiophene rings is 1. The zero-order valence-corrected chi connectivity index (χ0v) is 27.7. The van der Waals surface area contributed by atoms with Crippen molar-refractivity contribution < 1.29 is 32.5 Å². The Labute approximate surface area is 277 Å². The highest BCUT2D eigenvalue weighted by Gasteiger charge is 2.41. The van der Waals surface area contributed by atoms with Gasteiger partial charge in [-0.15, -0.1) is 24.5 Å². The van der Waals surface area contributed by atoms with E-state index in [0.29, 0.717) is 69.6 Å². The molecule has 0 bridgehead atoms. The quantitative estimate of drug-likeness (QED) is 0.215. The molecule has 4 heterocycles. The molecule has 1 aliphatic heterocycles. The van der Waals surface area contributed by atoms with E-state index >= 15 is 0 Å². The Kier molecular flexibility index (Phi) is 9.11. The highest BCUT2D eigenvalue weighted by atomic mass is 35.5. The van der Waals surface area contributed by atoms with Crippen LogP contribution in [-0.2, 0) is 24.1 Å². The van der Waals surface area contributed by atoms with Crippen LogP contribution in [0.4, 0.5) is 13.2 Å². The predicted octanol–water partition coefficient (Wildman–Crippen LogP) is 6.82. The number of hydrogen-bond donors (Lipinski definition) is 1. The molecule has 0 radical (unpaired) electrons. The van der Waals surface area contributed by atoms with Crippen molar-refractivity contribution >= 4 is 39.1 Å². The number of alkyl halides is 3. The Balaban J connectivity index is 1.20. The molecule has 2 aliphatic rings. The molecule has 1 atom stereocenters. The number of fused-ring (bicyclic) bond motifs is 2. The Morgan fingerprint density at radius 1 is 1.17 bits per heavy atom. The number of aromatic carboxylic acids is 1. The first-order valence-electron chi connectivity index (χ1n) is 15.4. The molecule has 1 aromatic carbocycles. The summed E-state index contributed by atoms with van der Waals surface area (Å²) >= 11 is 7.68. The van der Waals surface area contributed by atoms with Gasteiger partial charge in [0.2, 0.25) is 0 Å². The van der Waals surface area contributed by atoms with Gasteiger partial charge in [0.15, 0.2) is 0 Å². The van der Waals surface area contributed by atoms with Crippen molar-refractivity contribution in [3.05, 3.63) is 73.4 Å². The van der Waals surface area contributed by atoms with Crippen LogP contribution in [0, 0.1) is 13.8 Å². The first kappa shape index (κ1) is 33.4. The van der Waals surface area contributed by atoms with E-state index in [0.717, 1.165) is 17.7 Å². The van der Waals surface area contributed by atoms with E-state index < -0.39 is 18.4 Å². The third-order valence-corrected chi connectivity index (χ3v) is 10.4. The monoisotopic (exact) mass is 690 g/mol. The summed E-state index contributed by atoms with van der Waals surface area (Å²) in [5.74, 6) is 0.0464. The number of rotatable bonds is 8. The lowest BCUT2D eigenvalue weighted by atomic mass is 9.79. The molecule has 47 heavy (non-hydrogen) atoms. The molecule has 1 unspecified atom stereocenters. The van der Waals surface area contributed by atoms with Gasteiger partial charge in [-0.05, 0) is 77.1 Å². The Morgan fingerprint density at radius 2 is 1.91 bits per heavy atom. The molecular formula is C33H34ClF3N4O5S. The van der Waals surface area contributed by atoms with Crippen molar-refractivity contribution in [2.45, 2.75) is 77.4 Å². The van der Waals surface area contributed by atoms with Crippen molar-refractivity contribution in [2.24, 2.45) is 0 Å². The summed E-state index contributed by atoms with van der Waals surface area (Å²) < 4.78 is 51.0. The van der Waals surface area contributed by atoms with E-state index in [2.05, 4.69) is 21.5 Å². The lowest BCUT2D eigenvalue weighted by Gasteiger charge is -2.47. The van der Waals surface area contributed by atoms with Crippen LogP contribution in [0.25, 0.3) is 21.3 Å². The largest absolute Gasteiger partial charge is 0.522 e. The number of benzene rings is 1. The first-order valence-corrected chi connectivity index (χ1v) is 16.6. The lowest BCUT2D eigenvalue weighted by molar-refractivity contribution is -0.346. The van der Waals surface area contributed by atoms with Gasteiger partial charge in [0.05, 0.1) is 34.1 Å². The minimum atomic E-state index is -4.64. The Bertz CT molecular complexity index is 1900. The zero-order chi connectivity index (χ0) is 33.7. The van der Waals surface area contributed by atoms with Crippen LogP contribution in [0.3, 0.4) is 0 Å². The van der Waals surface area contributed by atoms with Crippen LogP contribution in [0.15, 0.2) is 34.4 Å². The molecule has 9 nitrogen and oxygen atoms in total. The third-order valence-electron chi connectivity index (χ3n) is 9.19. The average molecular weight is 691 g/mol. The van der Waals surface area contributed by atoms with Gasteiger partial charge >= 0.3 is 12.3 Å². The lowest BCUT2D eigenvalue weighted by Crippen LogP contribution is -2.55. The van der Waals surface area contributed by atoms with Crippen molar-refractivity contribution in [3.8, 4) is 16.9 Å². The molecule has 3 aromatic heterocycles. The summed E-state index contributed by atoms with van der Waals surface area (Å²) in [6.07, 6.45) is -3.12. The van der Waals surface area contributed by atoms with Gasteiger partial charge in [-0.2, -0.15) is 0 Å². The number of aryl methyl sites for hydroxylation is 3. The topological polar surface area (TPSA) is 107 Å². The number of carbonyl (C=O) groups is 1. The fourth-order valence-electron chi connectivity index (χ4n) is 6.81. The standard InChI is InChI=1S/C33H34ClF3N4O5S/c1-18-14-23(29-28(38-18)25(17-47-29)31(43)44)22-15-20(34)4-5-27(22)45-13-12-41-19(2)39-26-6-9-32(3,16-24(26)30(41)42)40-10-7-21(8-11-40)46-33(35,36)37/h4-5,14-15,17,21H,6-13,16H2,1-3H3,(H,43,44). The van der Waals surface area contributed by atoms with E-state index in [-0.39, 0.29) is 42.7 Å². The van der Waals surface area contributed by atoms with Crippen molar-refractivity contribution in [2.75, 3.05) is 19.7 Å². The predicted molar refractivity (Wildman–Crippen MR) is 173 cm³/mol. The van der Waals surface area contributed by atoms with E-state index in [4.69, 9.17) is 21.3 Å². The molecule has 1 N–H and O–H groups in total. The van der Waals surface area contributed by atoms with E-state index in [1.54, 1.807) is 42.0 Å². The molecule has 1 aliphatic carbocycles. The molecule has 14 heteroatoms. The number of halogens is 4. The number of pyridine rings is 1. The number of carboxylic acids is 1. The molecule has 6 rings (SSSR count). The summed E-state index contributed by atoms with van der Waals surface area (Å²) in [5.41, 5.74) is 3.49. The highest BCUT2D eigenvalue weighted by molar-refractivity contribution is 7.18. The molecular weight excluding hydrogens is 657 g/mol. The number of likely N-dealkylation sites (tertiary alicyclic amines) is 1. The SMILES string of the molecule is Cc1cc(-c2cc(Cl)ccc2OCCn2c(C)nc3c(c2=O)CC(C)(N2CCC(OC(F)(F)F)CC2)CC3)c2scc(C(=O)O)c2n1. The van der Waals surface area contributed by atoms with Gasteiger partial charge in [0.25, 0.3) is 5.56 Å². The van der Waals surface area contributed by atoms with E-state index in [1.807, 2.05) is 6.07 Å². The molecule has 250 valence electrons. The van der Waals surface area contributed by atoms with Gasteiger partial charge in [-0.1, -0.05) is 11.6 Å². The fraction of sp³-hybridized carbons (Fsp3) is 0.455. The fourth-order valence-corrected chi connectivity index (χ4v) is 7.99. The maximum Gasteiger partial charge on any atom is 0.522 e. The van der Waals surface area contributed by atoms with Crippen LogP contribution in [-0.4, -0.2) is 68.2 Å². The Morgan fingerprint density at radius 3 is 2.62 bits per heavy atom. The van der Waals surface area contributed by atoms with Crippen molar-refractivity contribution in [3.63, 3.8) is 0 Å². The second-order valence-corrected chi connectivity index (χ2v) is 13.7. The number of ether oxygens (including phenoxy) is 2. The number of hydrogen-bond acceptors (Lipinski definition) is 8. The average Bonchev–Trinajstić information content (AvgIpc) is 3.43. The second-order valence-electron chi connectivity index (χ2n) is 12.4. The minimum Gasteiger partial charge on any atom is -0.491 e. The summed E-state index contributed by atoms with van der Waals surface area (Å²) in [6, 6.07) is 7.09. The summed E-state index contributed by atoms with van der Waals surface area (Å²) in [5, 5.41) is 11.7. The zero-order valence-electron chi connectivity index (χ0n) is 26.1. The highest BCUT2D eigenvalue weighted by Crippen LogP contribution is 2.40. The summed E-state index contributed by atoms with van der Waals surface area (Å²) in [4.78, 5) is 37.1. The number of piperidine rings is 1. The minimum absolute atomic E-state index is 0.130. The summed E-state index contributed by atoms with van der Waals surface area (Å²) in [7, 11) is 0. The first-order chi connectivity index (χ1) is 22.2. The molecule has 0 saturated carbocycles. The van der Waals surface area contributed by atoms with Gasteiger partial charge < -0.3 is 9.84 Å². The van der Waals surface area contributed by atoms with Crippen LogP contribution in [0.5, 0.6) is 5.75 Å². The molecule has 0 amide bonds. The Hall–Kier alpha value is -3.52. The van der Waals surface area contributed by atoms with Crippen LogP contribution in [0.2, 0.25) is 5.02 Å². The van der Waals surface area contributed by atoms with E-state index in [1.165, 1.54) is 11.3 Å². The maximum absolute atomic E-state index is 13.9.